The topological polar surface area (TPSA) is 24.3 Å². The third-order valence-electron chi connectivity index (χ3n) is 4.45. The van der Waals surface area contributed by atoms with Crippen LogP contribution in [0.4, 0.5) is 5.69 Å². The minimum Gasteiger partial charge on any atom is -0.369 e. The molecule has 4 rings (SSSR count). The van der Waals surface area contributed by atoms with Crippen LogP contribution < -0.4 is 4.90 Å². The lowest BCUT2D eigenvalue weighted by molar-refractivity contribution is 0.199. The van der Waals surface area contributed by atoms with Gasteiger partial charge in [-0.15, -0.1) is 0 Å². The Kier molecular flexibility index (Phi) is 3.93. The van der Waals surface area contributed by atoms with Gasteiger partial charge >= 0.3 is 0 Å². The standard InChI is InChI=1S/C18H19ClN4/c19-16-5-7-17(8-6-16)22-11-9-21(10-12-22)14-23-18-4-2-1-3-15(18)13-20-23/h1-8,13H,9-12,14H2. The first-order chi connectivity index (χ1) is 11.3. The monoisotopic (exact) mass is 326 g/mol. The molecule has 0 amide bonds. The smallest absolute Gasteiger partial charge is 0.0937 e. The first-order valence-corrected chi connectivity index (χ1v) is 8.31. The van der Waals surface area contributed by atoms with Crippen LogP contribution in [0.2, 0.25) is 5.02 Å². The molecule has 1 aliphatic heterocycles. The maximum atomic E-state index is 5.96. The predicted molar refractivity (Wildman–Crippen MR) is 95.0 cm³/mol. The van der Waals surface area contributed by atoms with E-state index in [4.69, 9.17) is 11.6 Å². The van der Waals surface area contributed by atoms with Crippen LogP contribution in [0.1, 0.15) is 0 Å². The second-order valence-corrected chi connectivity index (χ2v) is 6.36. The maximum Gasteiger partial charge on any atom is 0.0937 e. The number of hydrogen-bond acceptors (Lipinski definition) is 3. The Hall–Kier alpha value is -2.04. The van der Waals surface area contributed by atoms with E-state index < -0.39 is 0 Å². The third kappa shape index (κ3) is 3.05. The highest BCUT2D eigenvalue weighted by atomic mass is 35.5. The number of benzene rings is 2. The average molecular weight is 327 g/mol. The van der Waals surface area contributed by atoms with Gasteiger partial charge in [0.05, 0.1) is 18.4 Å². The Balaban J connectivity index is 1.41. The quantitative estimate of drug-likeness (QED) is 0.736. The van der Waals surface area contributed by atoms with Crippen molar-refractivity contribution < 1.29 is 0 Å². The normalized spacial score (nSPS) is 16.1. The average Bonchev–Trinajstić information content (AvgIpc) is 3.00. The molecule has 1 saturated heterocycles. The van der Waals surface area contributed by atoms with Crippen LogP contribution in [-0.4, -0.2) is 40.9 Å². The molecule has 0 bridgehead atoms. The summed E-state index contributed by atoms with van der Waals surface area (Å²) in [5.41, 5.74) is 2.45. The zero-order valence-corrected chi connectivity index (χ0v) is 13.7. The molecule has 23 heavy (non-hydrogen) atoms. The first kappa shape index (κ1) is 14.5. The van der Waals surface area contributed by atoms with Gasteiger partial charge in [-0.3, -0.25) is 9.58 Å². The number of aromatic nitrogens is 2. The highest BCUT2D eigenvalue weighted by Crippen LogP contribution is 2.20. The minimum atomic E-state index is 0.790. The van der Waals surface area contributed by atoms with Crippen molar-refractivity contribution >= 4 is 28.2 Å². The molecular formula is C18H19ClN4. The van der Waals surface area contributed by atoms with Crippen molar-refractivity contribution in [3.63, 3.8) is 0 Å². The number of nitrogens with zero attached hydrogens (tertiary/aromatic N) is 4. The second kappa shape index (κ2) is 6.22. The summed E-state index contributed by atoms with van der Waals surface area (Å²) in [5.74, 6) is 0. The SMILES string of the molecule is Clc1ccc(N2CCN(Cn3ncc4ccccc43)CC2)cc1. The summed E-state index contributed by atoms with van der Waals surface area (Å²) >= 11 is 5.96. The van der Waals surface area contributed by atoms with E-state index in [-0.39, 0.29) is 0 Å². The number of hydrogen-bond donors (Lipinski definition) is 0. The molecule has 0 atom stereocenters. The van der Waals surface area contributed by atoms with Crippen molar-refractivity contribution in [1.29, 1.82) is 0 Å². The Bertz CT molecular complexity index is 788. The van der Waals surface area contributed by atoms with Crippen LogP contribution in [0.25, 0.3) is 10.9 Å². The number of anilines is 1. The Morgan fingerprint density at radius 1 is 0.913 bits per heavy atom. The van der Waals surface area contributed by atoms with Gasteiger partial charge in [-0.1, -0.05) is 29.8 Å². The first-order valence-electron chi connectivity index (χ1n) is 7.93. The summed E-state index contributed by atoms with van der Waals surface area (Å²) in [6.45, 7) is 4.98. The van der Waals surface area contributed by atoms with Gasteiger partial charge in [-0.05, 0) is 30.3 Å². The van der Waals surface area contributed by atoms with E-state index in [9.17, 15) is 0 Å². The number of halogens is 1. The lowest BCUT2D eigenvalue weighted by Crippen LogP contribution is -2.46. The molecule has 1 aromatic heterocycles. The zero-order valence-electron chi connectivity index (χ0n) is 12.9. The van der Waals surface area contributed by atoms with Gasteiger partial charge in [-0.25, -0.2) is 0 Å². The predicted octanol–water partition coefficient (Wildman–Crippen LogP) is 3.47. The summed E-state index contributed by atoms with van der Waals surface area (Å²) in [7, 11) is 0. The highest BCUT2D eigenvalue weighted by Gasteiger charge is 2.18. The second-order valence-electron chi connectivity index (χ2n) is 5.93. The molecule has 0 saturated carbocycles. The number of para-hydroxylation sites is 1. The Labute approximate surface area is 140 Å². The number of rotatable bonds is 3. The van der Waals surface area contributed by atoms with E-state index >= 15 is 0 Å². The zero-order chi connectivity index (χ0) is 15.6. The van der Waals surface area contributed by atoms with Crippen LogP contribution in [0.5, 0.6) is 0 Å². The van der Waals surface area contributed by atoms with Gasteiger partial charge in [0.15, 0.2) is 0 Å². The molecule has 1 aliphatic rings. The van der Waals surface area contributed by atoms with Gasteiger partial charge < -0.3 is 4.90 Å². The Morgan fingerprint density at radius 3 is 2.43 bits per heavy atom. The molecule has 5 heteroatoms. The van der Waals surface area contributed by atoms with E-state index in [1.165, 1.54) is 16.6 Å². The molecule has 118 valence electrons. The maximum absolute atomic E-state index is 5.96. The molecule has 0 N–H and O–H groups in total. The van der Waals surface area contributed by atoms with Crippen LogP contribution in [0.15, 0.2) is 54.7 Å². The fourth-order valence-corrected chi connectivity index (χ4v) is 3.25. The van der Waals surface area contributed by atoms with E-state index in [1.807, 2.05) is 18.3 Å². The van der Waals surface area contributed by atoms with E-state index in [1.54, 1.807) is 0 Å². The molecule has 2 heterocycles. The minimum absolute atomic E-state index is 0.790. The summed E-state index contributed by atoms with van der Waals surface area (Å²) in [6.07, 6.45) is 1.94. The van der Waals surface area contributed by atoms with Crippen LogP contribution in [0.3, 0.4) is 0 Å². The van der Waals surface area contributed by atoms with Gasteiger partial charge in [0.1, 0.15) is 0 Å². The fourth-order valence-electron chi connectivity index (χ4n) is 3.13. The molecule has 4 nitrogen and oxygen atoms in total. The van der Waals surface area contributed by atoms with E-state index in [0.29, 0.717) is 0 Å². The Morgan fingerprint density at radius 2 is 1.65 bits per heavy atom. The molecule has 0 aliphatic carbocycles. The van der Waals surface area contributed by atoms with Gasteiger partial charge in [0.25, 0.3) is 0 Å². The molecule has 2 aromatic carbocycles. The summed E-state index contributed by atoms with van der Waals surface area (Å²) < 4.78 is 2.09. The van der Waals surface area contributed by atoms with Crippen LogP contribution in [0, 0.1) is 0 Å². The van der Waals surface area contributed by atoms with Crippen molar-refractivity contribution in [3.8, 4) is 0 Å². The molecule has 0 radical (unpaired) electrons. The fraction of sp³-hybridized carbons (Fsp3) is 0.278. The van der Waals surface area contributed by atoms with Crippen LogP contribution in [-0.2, 0) is 6.67 Å². The number of piperazine rings is 1. The van der Waals surface area contributed by atoms with E-state index in [2.05, 4.69) is 56.0 Å². The third-order valence-corrected chi connectivity index (χ3v) is 4.70. The summed E-state index contributed by atoms with van der Waals surface area (Å²) in [5, 5.41) is 6.51. The largest absolute Gasteiger partial charge is 0.369 e. The van der Waals surface area contributed by atoms with Crippen molar-refractivity contribution in [2.24, 2.45) is 0 Å². The summed E-state index contributed by atoms with van der Waals surface area (Å²) in [4.78, 5) is 4.86. The van der Waals surface area contributed by atoms with Crippen molar-refractivity contribution in [3.05, 3.63) is 59.8 Å². The highest BCUT2D eigenvalue weighted by molar-refractivity contribution is 6.30. The molecule has 0 unspecified atom stereocenters. The lowest BCUT2D eigenvalue weighted by atomic mass is 10.2. The van der Waals surface area contributed by atoms with Gasteiger partial charge in [0.2, 0.25) is 0 Å². The van der Waals surface area contributed by atoms with Crippen LogP contribution >= 0.6 is 11.6 Å². The van der Waals surface area contributed by atoms with Crippen molar-refractivity contribution in [2.75, 3.05) is 31.1 Å². The molecular weight excluding hydrogens is 308 g/mol. The lowest BCUT2D eigenvalue weighted by Gasteiger charge is -2.36. The number of fused-ring (bicyclic) bond motifs is 1. The van der Waals surface area contributed by atoms with E-state index in [0.717, 1.165) is 37.9 Å². The molecule has 3 aromatic rings. The molecule has 1 fully saturated rings. The van der Waals surface area contributed by atoms with Gasteiger partial charge in [-0.2, -0.15) is 5.10 Å². The molecule has 0 spiro atoms. The van der Waals surface area contributed by atoms with Gasteiger partial charge in [0, 0.05) is 42.3 Å². The van der Waals surface area contributed by atoms with Crippen molar-refractivity contribution in [1.82, 2.24) is 14.7 Å². The van der Waals surface area contributed by atoms with Crippen molar-refractivity contribution in [2.45, 2.75) is 6.67 Å². The summed E-state index contributed by atoms with van der Waals surface area (Å²) in [6, 6.07) is 16.5.